The number of rotatable bonds is 6. The number of fused-ring (bicyclic) bond motifs is 2. The number of hydrogen-bond acceptors (Lipinski definition) is 2. The molecule has 27 heavy (non-hydrogen) atoms. The van der Waals surface area contributed by atoms with Crippen molar-refractivity contribution in [2.75, 3.05) is 6.54 Å². The number of aromatic nitrogens is 3. The Kier molecular flexibility index (Phi) is 4.67. The molecule has 0 aliphatic rings. The molecular weight excluding hydrogens is 336 g/mol. The number of H-pyrrole nitrogens is 1. The summed E-state index contributed by atoms with van der Waals surface area (Å²) in [6.07, 6.45) is 3.73. The number of amides is 1. The number of aromatic amines is 1. The fourth-order valence-electron chi connectivity index (χ4n) is 3.42. The van der Waals surface area contributed by atoms with E-state index in [2.05, 4.69) is 46.0 Å². The van der Waals surface area contributed by atoms with Crippen molar-refractivity contribution in [3.05, 3.63) is 66.1 Å². The van der Waals surface area contributed by atoms with Crippen molar-refractivity contribution in [3.63, 3.8) is 0 Å². The van der Waals surface area contributed by atoms with Gasteiger partial charge in [-0.25, -0.2) is 4.98 Å². The van der Waals surface area contributed by atoms with Gasteiger partial charge in [-0.2, -0.15) is 0 Å². The summed E-state index contributed by atoms with van der Waals surface area (Å²) in [5, 5.41) is 4.18. The molecule has 2 aromatic carbocycles. The molecule has 2 N–H and O–H groups in total. The summed E-state index contributed by atoms with van der Waals surface area (Å²) in [6.45, 7) is 4.91. The second-order valence-corrected chi connectivity index (χ2v) is 7.15. The molecular formula is C22H24N4O. The van der Waals surface area contributed by atoms with Gasteiger partial charge in [-0.3, -0.25) is 4.79 Å². The summed E-state index contributed by atoms with van der Waals surface area (Å²) in [7, 11) is 0. The van der Waals surface area contributed by atoms with Crippen molar-refractivity contribution in [2.24, 2.45) is 0 Å². The van der Waals surface area contributed by atoms with Crippen molar-refractivity contribution in [2.45, 2.75) is 32.7 Å². The van der Waals surface area contributed by atoms with E-state index < -0.39 is 0 Å². The van der Waals surface area contributed by atoms with Crippen LogP contribution in [0.25, 0.3) is 21.9 Å². The van der Waals surface area contributed by atoms with E-state index in [9.17, 15) is 4.79 Å². The number of carbonyl (C=O) groups is 1. The summed E-state index contributed by atoms with van der Waals surface area (Å²) in [5.74, 6) is 0.930. The van der Waals surface area contributed by atoms with E-state index in [1.54, 1.807) is 0 Å². The number of para-hydroxylation sites is 2. The normalized spacial score (nSPS) is 11.5. The zero-order valence-electron chi connectivity index (χ0n) is 15.7. The molecule has 1 amide bonds. The quantitative estimate of drug-likeness (QED) is 0.499. The maximum atomic E-state index is 12.5. The molecule has 0 aliphatic carbocycles. The standard InChI is InChI=1S/C22H24N4O/c1-15(2)26-13-11-16-9-10-17(14-20(16)26)22(27)23-12-5-8-21-24-18-6-3-4-7-19(18)25-21/h3-4,6-7,9-11,13-15H,5,8,12H2,1-2H3,(H,23,27)(H,24,25). The maximum Gasteiger partial charge on any atom is 0.251 e. The lowest BCUT2D eigenvalue weighted by molar-refractivity contribution is 0.0953. The number of nitrogens with zero attached hydrogens (tertiary/aromatic N) is 2. The average Bonchev–Trinajstić information content (AvgIpc) is 3.27. The fraction of sp³-hybridized carbons (Fsp3) is 0.273. The predicted molar refractivity (Wildman–Crippen MR) is 109 cm³/mol. The summed E-state index contributed by atoms with van der Waals surface area (Å²) >= 11 is 0. The first kappa shape index (κ1) is 17.3. The molecule has 5 heteroatoms. The predicted octanol–water partition coefficient (Wildman–Crippen LogP) is 4.46. The Bertz CT molecular complexity index is 1060. The minimum absolute atomic E-state index is 0.0296. The molecule has 0 fully saturated rings. The van der Waals surface area contributed by atoms with Crippen LogP contribution in [0.5, 0.6) is 0 Å². The van der Waals surface area contributed by atoms with Gasteiger partial charge in [-0.15, -0.1) is 0 Å². The monoisotopic (exact) mass is 360 g/mol. The van der Waals surface area contributed by atoms with Crippen molar-refractivity contribution in [1.82, 2.24) is 19.9 Å². The molecule has 5 nitrogen and oxygen atoms in total. The van der Waals surface area contributed by atoms with Crippen LogP contribution in [0.15, 0.2) is 54.7 Å². The lowest BCUT2D eigenvalue weighted by Gasteiger charge is -2.10. The number of imidazole rings is 1. The van der Waals surface area contributed by atoms with Crippen molar-refractivity contribution in [3.8, 4) is 0 Å². The Hall–Kier alpha value is -3.08. The Morgan fingerprint density at radius 3 is 2.85 bits per heavy atom. The molecule has 0 bridgehead atoms. The highest BCUT2D eigenvalue weighted by Gasteiger charge is 2.10. The smallest absolute Gasteiger partial charge is 0.251 e. The SMILES string of the molecule is CC(C)n1ccc2ccc(C(=O)NCCCc3nc4ccccc4[nH]3)cc21. The van der Waals surface area contributed by atoms with E-state index in [0.29, 0.717) is 18.2 Å². The van der Waals surface area contributed by atoms with Crippen molar-refractivity contribution < 1.29 is 4.79 Å². The Morgan fingerprint density at radius 1 is 1.19 bits per heavy atom. The first-order chi connectivity index (χ1) is 13.1. The zero-order valence-corrected chi connectivity index (χ0v) is 15.7. The average molecular weight is 360 g/mol. The van der Waals surface area contributed by atoms with Gasteiger partial charge in [0.25, 0.3) is 5.91 Å². The van der Waals surface area contributed by atoms with Crippen molar-refractivity contribution in [1.29, 1.82) is 0 Å². The fourth-order valence-corrected chi connectivity index (χ4v) is 3.42. The third-order valence-electron chi connectivity index (χ3n) is 4.86. The summed E-state index contributed by atoms with van der Waals surface area (Å²) < 4.78 is 2.19. The molecule has 0 aliphatic heterocycles. The van der Waals surface area contributed by atoms with Crippen LogP contribution in [0.1, 0.15) is 42.5 Å². The first-order valence-electron chi connectivity index (χ1n) is 9.44. The Balaban J connectivity index is 1.36. The van der Waals surface area contributed by atoms with Crippen LogP contribution >= 0.6 is 0 Å². The summed E-state index contributed by atoms with van der Waals surface area (Å²) in [5.41, 5.74) is 3.84. The molecule has 2 heterocycles. The highest BCUT2D eigenvalue weighted by molar-refractivity contribution is 5.98. The Morgan fingerprint density at radius 2 is 2.04 bits per heavy atom. The highest BCUT2D eigenvalue weighted by Crippen LogP contribution is 2.21. The lowest BCUT2D eigenvalue weighted by Crippen LogP contribution is -2.24. The molecule has 0 unspecified atom stereocenters. The molecule has 0 atom stereocenters. The molecule has 0 spiro atoms. The zero-order chi connectivity index (χ0) is 18.8. The van der Waals surface area contributed by atoms with Gasteiger partial charge in [-0.1, -0.05) is 18.2 Å². The van der Waals surface area contributed by atoms with Crippen LogP contribution in [-0.4, -0.2) is 27.0 Å². The van der Waals surface area contributed by atoms with Gasteiger partial charge in [0.1, 0.15) is 5.82 Å². The number of carbonyl (C=O) groups excluding carboxylic acids is 1. The molecule has 0 saturated carbocycles. The van der Waals surface area contributed by atoms with Gasteiger partial charge in [0.2, 0.25) is 0 Å². The van der Waals surface area contributed by atoms with Gasteiger partial charge < -0.3 is 14.9 Å². The minimum atomic E-state index is -0.0296. The van der Waals surface area contributed by atoms with Gasteiger partial charge in [0, 0.05) is 36.3 Å². The highest BCUT2D eigenvalue weighted by atomic mass is 16.1. The van der Waals surface area contributed by atoms with E-state index in [1.807, 2.05) is 42.5 Å². The van der Waals surface area contributed by atoms with Crippen molar-refractivity contribution >= 4 is 27.8 Å². The van der Waals surface area contributed by atoms with Crippen LogP contribution in [0.4, 0.5) is 0 Å². The van der Waals surface area contributed by atoms with Crippen LogP contribution in [-0.2, 0) is 6.42 Å². The third-order valence-corrected chi connectivity index (χ3v) is 4.86. The van der Waals surface area contributed by atoms with Crippen LogP contribution in [0.2, 0.25) is 0 Å². The van der Waals surface area contributed by atoms with E-state index in [0.717, 1.165) is 40.6 Å². The molecule has 138 valence electrons. The number of aryl methyl sites for hydroxylation is 1. The number of benzene rings is 2. The van der Waals surface area contributed by atoms with E-state index in [4.69, 9.17) is 0 Å². The second-order valence-electron chi connectivity index (χ2n) is 7.15. The molecule has 0 saturated heterocycles. The second kappa shape index (κ2) is 7.27. The largest absolute Gasteiger partial charge is 0.352 e. The molecule has 4 aromatic rings. The Labute approximate surface area is 158 Å². The maximum absolute atomic E-state index is 12.5. The van der Waals surface area contributed by atoms with E-state index in [-0.39, 0.29) is 5.91 Å². The van der Waals surface area contributed by atoms with Gasteiger partial charge in [0.05, 0.1) is 11.0 Å². The topological polar surface area (TPSA) is 62.7 Å². The molecule has 2 aromatic heterocycles. The summed E-state index contributed by atoms with van der Waals surface area (Å²) in [4.78, 5) is 20.4. The first-order valence-corrected chi connectivity index (χ1v) is 9.44. The lowest BCUT2D eigenvalue weighted by atomic mass is 10.1. The summed E-state index contributed by atoms with van der Waals surface area (Å²) in [6, 6.07) is 16.3. The van der Waals surface area contributed by atoms with E-state index in [1.165, 1.54) is 0 Å². The number of hydrogen-bond donors (Lipinski definition) is 2. The molecule has 4 rings (SSSR count). The van der Waals surface area contributed by atoms with Gasteiger partial charge in [-0.05, 0) is 56.0 Å². The van der Waals surface area contributed by atoms with Crippen LogP contribution in [0, 0.1) is 0 Å². The van der Waals surface area contributed by atoms with E-state index >= 15 is 0 Å². The van der Waals surface area contributed by atoms with Gasteiger partial charge in [0.15, 0.2) is 0 Å². The van der Waals surface area contributed by atoms with Gasteiger partial charge >= 0.3 is 0 Å². The third kappa shape index (κ3) is 3.58. The van der Waals surface area contributed by atoms with Crippen LogP contribution in [0.3, 0.4) is 0 Å². The minimum Gasteiger partial charge on any atom is -0.352 e. The molecule has 0 radical (unpaired) electrons. The van der Waals surface area contributed by atoms with Crippen LogP contribution < -0.4 is 5.32 Å². The number of nitrogens with one attached hydrogen (secondary N) is 2.